The lowest BCUT2D eigenvalue weighted by atomic mass is 9.86. The topological polar surface area (TPSA) is 0 Å². The molecular weight excluding hydrogens is 132 g/mol. The van der Waals surface area contributed by atoms with Gasteiger partial charge in [0, 0.05) is 0 Å². The van der Waals surface area contributed by atoms with Crippen LogP contribution in [0.25, 0.3) is 0 Å². The first kappa shape index (κ1) is 11.0. The minimum absolute atomic E-state index is 0.845. The lowest BCUT2D eigenvalue weighted by Gasteiger charge is -2.20. The van der Waals surface area contributed by atoms with E-state index in [1.54, 1.807) is 0 Å². The van der Waals surface area contributed by atoms with Crippen molar-refractivity contribution in [3.05, 3.63) is 6.92 Å². The summed E-state index contributed by atoms with van der Waals surface area (Å²) in [5.41, 5.74) is 0. The van der Waals surface area contributed by atoms with Gasteiger partial charge in [0.25, 0.3) is 0 Å². The molecule has 0 aromatic heterocycles. The Kier molecular flexibility index (Phi) is 5.62. The minimum Gasteiger partial charge on any atom is -0.0628 e. The van der Waals surface area contributed by atoms with Crippen molar-refractivity contribution < 1.29 is 0 Å². The first-order valence-electron chi connectivity index (χ1n) is 4.87. The van der Waals surface area contributed by atoms with Crippen LogP contribution in [0.1, 0.15) is 47.0 Å². The SMILES string of the molecule is [CH2]CCC(C)C(C)CC(C)C. The molecule has 0 aliphatic rings. The fourth-order valence-electron chi connectivity index (χ4n) is 1.58. The van der Waals surface area contributed by atoms with Crippen LogP contribution < -0.4 is 0 Å². The predicted octanol–water partition coefficient (Wildman–Crippen LogP) is 3.92. The second-order valence-corrected chi connectivity index (χ2v) is 4.23. The van der Waals surface area contributed by atoms with Gasteiger partial charge in [-0.25, -0.2) is 0 Å². The maximum atomic E-state index is 3.89. The Balaban J connectivity index is 3.54. The Morgan fingerprint density at radius 3 is 1.91 bits per heavy atom. The van der Waals surface area contributed by atoms with Gasteiger partial charge in [0.2, 0.25) is 0 Å². The van der Waals surface area contributed by atoms with Gasteiger partial charge in [-0.3, -0.25) is 0 Å². The predicted molar refractivity (Wildman–Crippen MR) is 52.4 cm³/mol. The largest absolute Gasteiger partial charge is 0.0628 e. The number of hydrogen-bond acceptors (Lipinski definition) is 0. The van der Waals surface area contributed by atoms with E-state index in [4.69, 9.17) is 0 Å². The van der Waals surface area contributed by atoms with Gasteiger partial charge in [0.15, 0.2) is 0 Å². The molecule has 0 aliphatic heterocycles. The number of rotatable bonds is 5. The van der Waals surface area contributed by atoms with Gasteiger partial charge < -0.3 is 0 Å². The highest BCUT2D eigenvalue weighted by molar-refractivity contribution is 4.64. The normalized spacial score (nSPS) is 16.9. The van der Waals surface area contributed by atoms with Gasteiger partial charge >= 0.3 is 0 Å². The Morgan fingerprint density at radius 2 is 1.55 bits per heavy atom. The van der Waals surface area contributed by atoms with E-state index in [2.05, 4.69) is 34.6 Å². The highest BCUT2D eigenvalue weighted by Gasteiger charge is 2.12. The van der Waals surface area contributed by atoms with Crippen LogP contribution in [0.3, 0.4) is 0 Å². The van der Waals surface area contributed by atoms with E-state index in [1.807, 2.05) is 0 Å². The zero-order chi connectivity index (χ0) is 8.85. The summed E-state index contributed by atoms with van der Waals surface area (Å²) in [7, 11) is 0. The molecule has 0 N–H and O–H groups in total. The molecule has 0 saturated carbocycles. The summed E-state index contributed by atoms with van der Waals surface area (Å²) in [4.78, 5) is 0. The van der Waals surface area contributed by atoms with Crippen molar-refractivity contribution in [1.29, 1.82) is 0 Å². The van der Waals surface area contributed by atoms with Crippen LogP contribution in [0.5, 0.6) is 0 Å². The van der Waals surface area contributed by atoms with E-state index in [1.165, 1.54) is 12.8 Å². The highest BCUT2D eigenvalue weighted by Crippen LogP contribution is 2.22. The molecule has 0 aromatic carbocycles. The maximum absolute atomic E-state index is 3.89. The van der Waals surface area contributed by atoms with Crippen molar-refractivity contribution in [2.45, 2.75) is 47.0 Å². The van der Waals surface area contributed by atoms with Crippen LogP contribution in [0.4, 0.5) is 0 Å². The monoisotopic (exact) mass is 155 g/mol. The quantitative estimate of drug-likeness (QED) is 0.564. The molecule has 0 aromatic rings. The third-order valence-electron chi connectivity index (χ3n) is 2.47. The zero-order valence-corrected chi connectivity index (χ0v) is 8.56. The van der Waals surface area contributed by atoms with Gasteiger partial charge in [0.05, 0.1) is 0 Å². The molecule has 0 spiro atoms. The highest BCUT2D eigenvalue weighted by atomic mass is 14.2. The lowest BCUT2D eigenvalue weighted by Crippen LogP contribution is -2.10. The van der Waals surface area contributed by atoms with E-state index in [0.717, 1.165) is 24.2 Å². The van der Waals surface area contributed by atoms with E-state index >= 15 is 0 Å². The van der Waals surface area contributed by atoms with E-state index in [9.17, 15) is 0 Å². The molecule has 0 bridgehead atoms. The second-order valence-electron chi connectivity index (χ2n) is 4.23. The molecule has 67 valence electrons. The van der Waals surface area contributed by atoms with Crippen molar-refractivity contribution >= 4 is 0 Å². The molecule has 0 fully saturated rings. The van der Waals surface area contributed by atoms with Gasteiger partial charge in [0.1, 0.15) is 0 Å². The van der Waals surface area contributed by atoms with Crippen molar-refractivity contribution in [3.8, 4) is 0 Å². The molecule has 0 heterocycles. The molecule has 0 heteroatoms. The van der Waals surface area contributed by atoms with Crippen molar-refractivity contribution in [1.82, 2.24) is 0 Å². The van der Waals surface area contributed by atoms with Gasteiger partial charge in [-0.05, 0) is 24.2 Å². The molecule has 2 atom stereocenters. The second kappa shape index (κ2) is 5.62. The van der Waals surface area contributed by atoms with E-state index in [-0.39, 0.29) is 0 Å². The Bertz CT molecular complexity index is 84.0. The molecular formula is C11H23. The molecule has 0 amide bonds. The van der Waals surface area contributed by atoms with Gasteiger partial charge in [-0.1, -0.05) is 47.5 Å². The smallest absolute Gasteiger partial charge is 0.0415 e. The summed E-state index contributed by atoms with van der Waals surface area (Å²) < 4.78 is 0. The fraction of sp³-hybridized carbons (Fsp3) is 0.909. The average Bonchev–Trinajstić information content (AvgIpc) is 1.86. The molecule has 0 saturated heterocycles. The summed E-state index contributed by atoms with van der Waals surface area (Å²) in [6.45, 7) is 13.2. The van der Waals surface area contributed by atoms with Crippen LogP contribution in [0, 0.1) is 24.7 Å². The first-order chi connectivity index (χ1) is 5.07. The molecule has 2 unspecified atom stereocenters. The van der Waals surface area contributed by atoms with Crippen LogP contribution >= 0.6 is 0 Å². The standard InChI is InChI=1S/C11H23/c1-6-7-10(4)11(5)8-9(2)3/h9-11H,1,6-8H2,2-5H3. The van der Waals surface area contributed by atoms with Crippen molar-refractivity contribution in [2.75, 3.05) is 0 Å². The van der Waals surface area contributed by atoms with Crippen LogP contribution in [-0.4, -0.2) is 0 Å². The third-order valence-corrected chi connectivity index (χ3v) is 2.47. The Hall–Kier alpha value is 0. The summed E-state index contributed by atoms with van der Waals surface area (Å²) in [6.07, 6.45) is 3.73. The summed E-state index contributed by atoms with van der Waals surface area (Å²) >= 11 is 0. The zero-order valence-electron chi connectivity index (χ0n) is 8.56. The summed E-state index contributed by atoms with van der Waals surface area (Å²) in [5.74, 6) is 2.57. The van der Waals surface area contributed by atoms with Crippen LogP contribution in [-0.2, 0) is 0 Å². The third kappa shape index (κ3) is 5.29. The number of hydrogen-bond donors (Lipinski definition) is 0. The van der Waals surface area contributed by atoms with Crippen molar-refractivity contribution in [3.63, 3.8) is 0 Å². The Morgan fingerprint density at radius 1 is 1.00 bits per heavy atom. The first-order valence-corrected chi connectivity index (χ1v) is 4.87. The molecule has 0 aliphatic carbocycles. The van der Waals surface area contributed by atoms with Crippen LogP contribution in [0.15, 0.2) is 0 Å². The molecule has 0 nitrogen and oxygen atoms in total. The van der Waals surface area contributed by atoms with E-state index in [0.29, 0.717) is 0 Å². The fourth-order valence-corrected chi connectivity index (χ4v) is 1.58. The van der Waals surface area contributed by atoms with Gasteiger partial charge in [-0.15, -0.1) is 0 Å². The lowest BCUT2D eigenvalue weighted by molar-refractivity contribution is 0.310. The van der Waals surface area contributed by atoms with Gasteiger partial charge in [-0.2, -0.15) is 0 Å². The van der Waals surface area contributed by atoms with E-state index < -0.39 is 0 Å². The minimum atomic E-state index is 0.845. The van der Waals surface area contributed by atoms with Crippen LogP contribution in [0.2, 0.25) is 0 Å². The summed E-state index contributed by atoms with van der Waals surface area (Å²) in [5, 5.41) is 0. The maximum Gasteiger partial charge on any atom is -0.0415 e. The molecule has 11 heavy (non-hydrogen) atoms. The van der Waals surface area contributed by atoms with Crippen molar-refractivity contribution in [2.24, 2.45) is 17.8 Å². The molecule has 0 rings (SSSR count). The Labute approximate surface area is 72.4 Å². The molecule has 1 radical (unpaired) electrons. The average molecular weight is 155 g/mol. The summed E-state index contributed by atoms with van der Waals surface area (Å²) in [6, 6.07) is 0.